The molecule has 2 atom stereocenters. The summed E-state index contributed by atoms with van der Waals surface area (Å²) in [5.41, 5.74) is 4.25. The molecule has 0 amide bonds. The molecule has 0 radical (unpaired) electrons. The van der Waals surface area contributed by atoms with Crippen molar-refractivity contribution in [2.75, 3.05) is 13.1 Å². The maximum atomic E-state index is 12.3. The lowest BCUT2D eigenvalue weighted by Gasteiger charge is -2.18. The average molecular weight is 387 g/mol. The number of imidazole rings is 1. The third kappa shape index (κ3) is 7.12. The number of allylic oxidation sites excluding steroid dienone is 4. The molecule has 28 heavy (non-hydrogen) atoms. The molecule has 1 aromatic rings. The normalized spacial score (nSPS) is 17.1. The highest BCUT2D eigenvalue weighted by molar-refractivity contribution is 5.79. The zero-order valence-electron chi connectivity index (χ0n) is 18.6. The lowest BCUT2D eigenvalue weighted by Crippen LogP contribution is -2.24. The molecule has 2 rings (SSSR count). The predicted octanol–water partition coefficient (Wildman–Crippen LogP) is 4.92. The van der Waals surface area contributed by atoms with E-state index in [1.165, 1.54) is 31.5 Å². The summed E-state index contributed by atoms with van der Waals surface area (Å²) in [7, 11) is 0. The number of hydrogen-bond donors (Lipinski definition) is 2. The van der Waals surface area contributed by atoms with Crippen molar-refractivity contribution < 1.29 is 0 Å². The Bertz CT molecular complexity index is 769. The minimum atomic E-state index is -0.133. The lowest BCUT2D eigenvalue weighted by atomic mass is 10.0. The Morgan fingerprint density at radius 2 is 2.00 bits per heavy atom. The van der Waals surface area contributed by atoms with E-state index < -0.39 is 0 Å². The van der Waals surface area contributed by atoms with Crippen LogP contribution in [0.25, 0.3) is 0 Å². The summed E-state index contributed by atoms with van der Waals surface area (Å²) in [6, 6.07) is -0.0457. The van der Waals surface area contributed by atoms with Gasteiger partial charge >= 0.3 is 5.69 Å². The fourth-order valence-electron chi connectivity index (χ4n) is 3.36. The fraction of sp³-hybridized carbons (Fsp3) is 0.565. The summed E-state index contributed by atoms with van der Waals surface area (Å²) in [5, 5.41) is 3.32. The second kappa shape index (κ2) is 11.6. The van der Waals surface area contributed by atoms with Gasteiger partial charge in [0.2, 0.25) is 0 Å². The zero-order valence-corrected chi connectivity index (χ0v) is 18.6. The Kier molecular flexibility index (Phi) is 9.94. The first-order chi connectivity index (χ1) is 13.2. The van der Waals surface area contributed by atoms with Crippen molar-refractivity contribution in [2.45, 2.75) is 66.8 Å². The molecule has 0 aliphatic carbocycles. The maximum absolute atomic E-state index is 12.3. The standard InChI is InChI=1S/C17H25N3O.C6H13N/c1-8-16(13(6)9-11(2)3)20-14(7)15(19-17(20)21)10-18-12(4)5;1-2-6-3-4-7-5-6/h9-10,16H,4,6,8H2,1-3,5,7H3,(H,19,21);6-7H,2-5H2,1H3/t16-;6-/m11/s1. The predicted molar refractivity (Wildman–Crippen MR) is 121 cm³/mol. The van der Waals surface area contributed by atoms with Crippen LogP contribution in [0, 0.1) is 12.8 Å². The number of H-pyrrole nitrogens is 1. The second-order valence-electron chi connectivity index (χ2n) is 7.78. The largest absolute Gasteiger partial charge is 0.326 e. The number of aromatic nitrogens is 2. The van der Waals surface area contributed by atoms with Gasteiger partial charge in [-0.25, -0.2) is 4.79 Å². The van der Waals surface area contributed by atoms with Gasteiger partial charge in [0.05, 0.1) is 18.0 Å². The van der Waals surface area contributed by atoms with Crippen molar-refractivity contribution in [3.63, 3.8) is 0 Å². The van der Waals surface area contributed by atoms with Gasteiger partial charge in [0, 0.05) is 11.4 Å². The molecule has 0 unspecified atom stereocenters. The fourth-order valence-corrected chi connectivity index (χ4v) is 3.36. The molecule has 1 fully saturated rings. The molecule has 156 valence electrons. The van der Waals surface area contributed by atoms with Crippen molar-refractivity contribution in [2.24, 2.45) is 10.9 Å². The van der Waals surface area contributed by atoms with Crippen LogP contribution in [0.15, 0.2) is 45.9 Å². The molecule has 0 saturated carbocycles. The van der Waals surface area contributed by atoms with E-state index in [1.54, 1.807) is 10.8 Å². The van der Waals surface area contributed by atoms with Gasteiger partial charge in [-0.05, 0) is 65.1 Å². The van der Waals surface area contributed by atoms with Crippen LogP contribution in [0.3, 0.4) is 0 Å². The highest BCUT2D eigenvalue weighted by Crippen LogP contribution is 2.23. The van der Waals surface area contributed by atoms with Crippen molar-refractivity contribution in [3.8, 4) is 0 Å². The molecule has 0 bridgehead atoms. The molecule has 2 heterocycles. The second-order valence-corrected chi connectivity index (χ2v) is 7.78. The van der Waals surface area contributed by atoms with Crippen molar-refractivity contribution in [3.05, 3.63) is 57.9 Å². The first-order valence-electron chi connectivity index (χ1n) is 10.3. The van der Waals surface area contributed by atoms with Crippen molar-refractivity contribution >= 4 is 6.21 Å². The van der Waals surface area contributed by atoms with Crippen LogP contribution in [0.5, 0.6) is 0 Å². The summed E-state index contributed by atoms with van der Waals surface area (Å²) < 4.78 is 1.75. The Labute approximate surface area is 170 Å². The van der Waals surface area contributed by atoms with Crippen LogP contribution in [0.2, 0.25) is 0 Å². The topological polar surface area (TPSA) is 62.2 Å². The lowest BCUT2D eigenvalue weighted by molar-refractivity contribution is 0.538. The number of aliphatic imine (C=N–C) groups is 1. The van der Waals surface area contributed by atoms with E-state index in [0.29, 0.717) is 11.4 Å². The van der Waals surface area contributed by atoms with E-state index in [1.807, 2.05) is 33.8 Å². The summed E-state index contributed by atoms with van der Waals surface area (Å²) in [4.78, 5) is 19.3. The zero-order chi connectivity index (χ0) is 21.3. The third-order valence-electron chi connectivity index (χ3n) is 4.97. The molecule has 1 aromatic heterocycles. The molecular formula is C23H38N4O. The number of aromatic amines is 1. The molecule has 2 N–H and O–H groups in total. The van der Waals surface area contributed by atoms with E-state index in [9.17, 15) is 4.79 Å². The molecule has 5 heteroatoms. The van der Waals surface area contributed by atoms with Gasteiger partial charge in [-0.1, -0.05) is 45.1 Å². The minimum Gasteiger partial charge on any atom is -0.316 e. The quantitative estimate of drug-likeness (QED) is 0.516. The third-order valence-corrected chi connectivity index (χ3v) is 4.97. The monoisotopic (exact) mass is 386 g/mol. The van der Waals surface area contributed by atoms with Crippen molar-refractivity contribution in [1.29, 1.82) is 0 Å². The molecule has 5 nitrogen and oxygen atoms in total. The van der Waals surface area contributed by atoms with Crippen LogP contribution >= 0.6 is 0 Å². The van der Waals surface area contributed by atoms with Gasteiger partial charge in [0.15, 0.2) is 0 Å². The van der Waals surface area contributed by atoms with Crippen molar-refractivity contribution in [1.82, 2.24) is 14.9 Å². The molecule has 1 aliphatic heterocycles. The van der Waals surface area contributed by atoms with Gasteiger partial charge in [-0.2, -0.15) is 0 Å². The van der Waals surface area contributed by atoms with Crippen LogP contribution in [0.1, 0.15) is 71.3 Å². The Morgan fingerprint density at radius 3 is 2.43 bits per heavy atom. The van der Waals surface area contributed by atoms with Crippen LogP contribution in [0.4, 0.5) is 0 Å². The Balaban J connectivity index is 0.000000467. The summed E-state index contributed by atoms with van der Waals surface area (Å²) in [6.45, 7) is 22.4. The smallest absolute Gasteiger partial charge is 0.316 e. The summed E-state index contributed by atoms with van der Waals surface area (Å²) in [5.74, 6) is 0.986. The number of nitrogens with one attached hydrogen (secondary N) is 2. The Morgan fingerprint density at radius 1 is 1.32 bits per heavy atom. The van der Waals surface area contributed by atoms with E-state index in [-0.39, 0.29) is 11.7 Å². The minimum absolute atomic E-state index is 0.0457. The van der Waals surface area contributed by atoms with Crippen LogP contribution < -0.4 is 11.0 Å². The maximum Gasteiger partial charge on any atom is 0.326 e. The average Bonchev–Trinajstić information content (AvgIpc) is 3.24. The summed E-state index contributed by atoms with van der Waals surface area (Å²) in [6.07, 6.45) is 7.22. The molecule has 1 saturated heterocycles. The number of nitrogens with zero attached hydrogens (tertiary/aromatic N) is 2. The molecular weight excluding hydrogens is 348 g/mol. The van der Waals surface area contributed by atoms with E-state index in [4.69, 9.17) is 0 Å². The van der Waals surface area contributed by atoms with Crippen LogP contribution in [-0.2, 0) is 0 Å². The van der Waals surface area contributed by atoms with Gasteiger partial charge in [0.25, 0.3) is 0 Å². The molecule has 0 aromatic carbocycles. The number of rotatable bonds is 7. The van der Waals surface area contributed by atoms with E-state index in [2.05, 4.69) is 42.3 Å². The highest BCUT2D eigenvalue weighted by atomic mass is 16.1. The van der Waals surface area contributed by atoms with Crippen LogP contribution in [-0.4, -0.2) is 28.9 Å². The number of hydrogen-bond acceptors (Lipinski definition) is 3. The van der Waals surface area contributed by atoms with Gasteiger partial charge in [-0.15, -0.1) is 0 Å². The highest BCUT2D eigenvalue weighted by Gasteiger charge is 2.18. The first kappa shape index (κ1) is 23.9. The first-order valence-corrected chi connectivity index (χ1v) is 10.3. The molecule has 1 aliphatic rings. The van der Waals surface area contributed by atoms with E-state index in [0.717, 1.165) is 23.6 Å². The SMILES string of the molecule is C=C(C)N=Cc1[nH]c(=O)n([C@H](CC)C(=C)C=C(C)C)c1C.CC[C@@H]1CCNC1. The Hall–Kier alpha value is -2.14. The van der Waals surface area contributed by atoms with Gasteiger partial charge < -0.3 is 10.3 Å². The van der Waals surface area contributed by atoms with Gasteiger partial charge in [-0.3, -0.25) is 9.56 Å². The summed E-state index contributed by atoms with van der Waals surface area (Å²) >= 11 is 0. The van der Waals surface area contributed by atoms with Gasteiger partial charge in [0.1, 0.15) is 0 Å². The van der Waals surface area contributed by atoms with E-state index >= 15 is 0 Å². The molecule has 0 spiro atoms.